The molecule has 9 nitrogen and oxygen atoms in total. The van der Waals surface area contributed by atoms with Crippen molar-refractivity contribution in [2.45, 2.75) is 45.6 Å². The highest BCUT2D eigenvalue weighted by atomic mass is 32.2. The van der Waals surface area contributed by atoms with Gasteiger partial charge in [-0.1, -0.05) is 13.3 Å². The Morgan fingerprint density at radius 3 is 2.45 bits per heavy atom. The van der Waals surface area contributed by atoms with Gasteiger partial charge in [0.1, 0.15) is 11.9 Å². The van der Waals surface area contributed by atoms with Gasteiger partial charge in [-0.2, -0.15) is 4.31 Å². The Balaban J connectivity index is 1.61. The molecule has 3 rings (SSSR count). The zero-order valence-electron chi connectivity index (χ0n) is 18.3. The molecule has 0 radical (unpaired) electrons. The smallest absolute Gasteiger partial charge is 0.339 e. The predicted octanol–water partition coefficient (Wildman–Crippen LogP) is 1.50. The first kappa shape index (κ1) is 23.5. The highest BCUT2D eigenvalue weighted by molar-refractivity contribution is 7.89. The number of esters is 1. The van der Waals surface area contributed by atoms with Crippen LogP contribution in [0.2, 0.25) is 0 Å². The van der Waals surface area contributed by atoms with Gasteiger partial charge in [-0.15, -0.1) is 0 Å². The van der Waals surface area contributed by atoms with Gasteiger partial charge in [-0.3, -0.25) is 4.79 Å². The van der Waals surface area contributed by atoms with Crippen LogP contribution in [-0.4, -0.2) is 85.6 Å². The minimum Gasteiger partial charge on any atom is -0.462 e. The molecule has 2 aliphatic rings. The zero-order chi connectivity index (χ0) is 22.4. The minimum atomic E-state index is -3.41. The number of hydrogen-bond acceptors (Lipinski definition) is 7. The fourth-order valence-electron chi connectivity index (χ4n) is 4.13. The summed E-state index contributed by atoms with van der Waals surface area (Å²) in [5.74, 6) is 0.333. The van der Waals surface area contributed by atoms with E-state index in [1.807, 2.05) is 6.92 Å². The first-order valence-electron chi connectivity index (χ1n) is 11.0. The second kappa shape index (κ2) is 10.4. The molecule has 0 aliphatic carbocycles. The molecule has 1 unspecified atom stereocenters. The number of rotatable bonds is 7. The lowest BCUT2D eigenvalue weighted by Crippen LogP contribution is -2.57. The summed E-state index contributed by atoms with van der Waals surface area (Å²) < 4.78 is 31.7. The molecule has 1 aromatic heterocycles. The summed E-state index contributed by atoms with van der Waals surface area (Å²) in [4.78, 5) is 33.1. The molecule has 0 spiro atoms. The van der Waals surface area contributed by atoms with Crippen molar-refractivity contribution < 1.29 is 22.7 Å². The molecule has 1 aromatic rings. The maximum atomic E-state index is 13.2. The SMILES string of the molecule is CCCS(=O)(=O)N1CCCCC1C(=O)N1CCN(c2ccc(C(=O)OCC)cn2)CC1. The summed E-state index contributed by atoms with van der Waals surface area (Å²) in [6.07, 6.45) is 4.29. The molecule has 0 aromatic carbocycles. The van der Waals surface area contributed by atoms with E-state index in [0.717, 1.165) is 18.7 Å². The molecule has 0 bridgehead atoms. The highest BCUT2D eigenvalue weighted by Gasteiger charge is 2.38. The average Bonchev–Trinajstić information content (AvgIpc) is 2.79. The summed E-state index contributed by atoms with van der Waals surface area (Å²) in [7, 11) is -3.41. The van der Waals surface area contributed by atoms with Crippen molar-refractivity contribution in [3.05, 3.63) is 23.9 Å². The van der Waals surface area contributed by atoms with E-state index in [-0.39, 0.29) is 11.7 Å². The van der Waals surface area contributed by atoms with Gasteiger partial charge in [0.25, 0.3) is 0 Å². The van der Waals surface area contributed by atoms with E-state index in [1.54, 1.807) is 24.0 Å². The lowest BCUT2D eigenvalue weighted by atomic mass is 10.0. The van der Waals surface area contributed by atoms with Crippen LogP contribution in [0.3, 0.4) is 0 Å². The molecule has 2 aliphatic heterocycles. The Kier molecular flexibility index (Phi) is 7.88. The van der Waals surface area contributed by atoms with E-state index in [2.05, 4.69) is 9.88 Å². The van der Waals surface area contributed by atoms with Crippen molar-refractivity contribution in [1.82, 2.24) is 14.2 Å². The second-order valence-electron chi connectivity index (χ2n) is 7.88. The van der Waals surface area contributed by atoms with Gasteiger partial charge in [0, 0.05) is 38.9 Å². The van der Waals surface area contributed by atoms with E-state index < -0.39 is 22.0 Å². The van der Waals surface area contributed by atoms with Crippen LogP contribution in [0, 0.1) is 0 Å². The quantitative estimate of drug-likeness (QED) is 0.578. The molecule has 2 fully saturated rings. The molecule has 1 atom stereocenters. The average molecular weight is 453 g/mol. The summed E-state index contributed by atoms with van der Waals surface area (Å²) in [6.45, 7) is 6.57. The van der Waals surface area contributed by atoms with Gasteiger partial charge in [0.15, 0.2) is 0 Å². The van der Waals surface area contributed by atoms with E-state index in [0.29, 0.717) is 57.7 Å². The number of sulfonamides is 1. The first-order chi connectivity index (χ1) is 14.9. The number of piperidine rings is 1. The Bertz CT molecular complexity index is 866. The molecule has 0 saturated carbocycles. The van der Waals surface area contributed by atoms with Crippen molar-refractivity contribution in [2.75, 3.05) is 50.0 Å². The fraction of sp³-hybridized carbons (Fsp3) is 0.667. The summed E-state index contributed by atoms with van der Waals surface area (Å²) in [5, 5.41) is 0. The van der Waals surface area contributed by atoms with Crippen LogP contribution in [0.25, 0.3) is 0 Å². The Morgan fingerprint density at radius 1 is 1.10 bits per heavy atom. The van der Waals surface area contributed by atoms with Crippen LogP contribution >= 0.6 is 0 Å². The van der Waals surface area contributed by atoms with Crippen LogP contribution in [0.15, 0.2) is 18.3 Å². The first-order valence-corrected chi connectivity index (χ1v) is 12.6. The molecule has 1 amide bonds. The summed E-state index contributed by atoms with van der Waals surface area (Å²) >= 11 is 0. The topological polar surface area (TPSA) is 100 Å². The number of piperazine rings is 1. The van der Waals surface area contributed by atoms with Gasteiger partial charge >= 0.3 is 5.97 Å². The number of ether oxygens (including phenoxy) is 1. The van der Waals surface area contributed by atoms with Crippen molar-refractivity contribution >= 4 is 27.7 Å². The van der Waals surface area contributed by atoms with E-state index in [9.17, 15) is 18.0 Å². The number of carbonyl (C=O) groups is 2. The molecule has 10 heteroatoms. The molecule has 31 heavy (non-hydrogen) atoms. The number of pyridine rings is 1. The van der Waals surface area contributed by atoms with Crippen LogP contribution < -0.4 is 4.90 Å². The fourth-order valence-corrected chi connectivity index (χ4v) is 5.88. The van der Waals surface area contributed by atoms with Crippen LogP contribution in [-0.2, 0) is 19.6 Å². The minimum absolute atomic E-state index is 0.0814. The predicted molar refractivity (Wildman–Crippen MR) is 117 cm³/mol. The Hall–Kier alpha value is -2.20. The lowest BCUT2D eigenvalue weighted by Gasteiger charge is -2.40. The number of amides is 1. The zero-order valence-corrected chi connectivity index (χ0v) is 19.1. The van der Waals surface area contributed by atoms with Gasteiger partial charge < -0.3 is 14.5 Å². The van der Waals surface area contributed by atoms with Gasteiger partial charge in [-0.25, -0.2) is 18.2 Å². The van der Waals surface area contributed by atoms with Gasteiger partial charge in [0.2, 0.25) is 15.9 Å². The summed E-state index contributed by atoms with van der Waals surface area (Å²) in [5.41, 5.74) is 0.407. The monoisotopic (exact) mass is 452 g/mol. The van der Waals surface area contributed by atoms with Gasteiger partial charge in [-0.05, 0) is 38.3 Å². The molecular weight excluding hydrogens is 420 g/mol. The Labute approximate surface area is 184 Å². The maximum absolute atomic E-state index is 13.2. The highest BCUT2D eigenvalue weighted by Crippen LogP contribution is 2.24. The normalized spacial score (nSPS) is 20.5. The number of hydrogen-bond donors (Lipinski definition) is 0. The molecular formula is C21H32N4O5S. The third kappa shape index (κ3) is 5.54. The number of carbonyl (C=O) groups excluding carboxylic acids is 2. The third-order valence-electron chi connectivity index (χ3n) is 5.73. The Morgan fingerprint density at radius 2 is 1.84 bits per heavy atom. The molecule has 3 heterocycles. The van der Waals surface area contributed by atoms with Crippen molar-refractivity contribution in [3.8, 4) is 0 Å². The lowest BCUT2D eigenvalue weighted by molar-refractivity contribution is -0.136. The maximum Gasteiger partial charge on any atom is 0.339 e. The summed E-state index contributed by atoms with van der Waals surface area (Å²) in [6, 6.07) is 2.89. The number of aromatic nitrogens is 1. The largest absolute Gasteiger partial charge is 0.462 e. The molecule has 172 valence electrons. The standard InChI is InChI=1S/C21H32N4O5S/c1-3-15-31(28,29)25-10-6-5-7-18(25)20(26)24-13-11-23(12-14-24)19-9-8-17(16-22-19)21(27)30-4-2/h8-9,16,18H,3-7,10-15H2,1-2H3. The van der Waals surface area contributed by atoms with Crippen molar-refractivity contribution in [2.24, 2.45) is 0 Å². The molecule has 0 N–H and O–H groups in total. The van der Waals surface area contributed by atoms with Crippen LogP contribution in [0.4, 0.5) is 5.82 Å². The van der Waals surface area contributed by atoms with Gasteiger partial charge in [0.05, 0.1) is 17.9 Å². The molecule has 2 saturated heterocycles. The van der Waals surface area contributed by atoms with E-state index >= 15 is 0 Å². The van der Waals surface area contributed by atoms with Crippen molar-refractivity contribution in [1.29, 1.82) is 0 Å². The van der Waals surface area contributed by atoms with E-state index in [4.69, 9.17) is 4.74 Å². The van der Waals surface area contributed by atoms with E-state index in [1.165, 1.54) is 10.5 Å². The van der Waals surface area contributed by atoms with Crippen molar-refractivity contribution in [3.63, 3.8) is 0 Å². The number of nitrogens with zero attached hydrogens (tertiary/aromatic N) is 4. The van der Waals surface area contributed by atoms with Crippen LogP contribution in [0.1, 0.15) is 49.9 Å². The van der Waals surface area contributed by atoms with Crippen LogP contribution in [0.5, 0.6) is 0 Å². The second-order valence-corrected chi connectivity index (χ2v) is 9.92. The number of anilines is 1. The third-order valence-corrected chi connectivity index (χ3v) is 7.81.